The fourth-order valence-electron chi connectivity index (χ4n) is 0.926. The molecule has 3 N–H and O–H groups in total. The highest BCUT2D eigenvalue weighted by atomic mass is 127. The number of halogens is 1. The third-order valence-corrected chi connectivity index (χ3v) is 2.87. The molecule has 1 aromatic carbocycles. The topological polar surface area (TPSA) is 55.1 Å². The summed E-state index contributed by atoms with van der Waals surface area (Å²) in [5.41, 5.74) is 6.25. The van der Waals surface area contributed by atoms with Gasteiger partial charge in [0, 0.05) is 16.0 Å². The molecule has 0 saturated heterocycles. The Bertz CT molecular complexity index is 328. The number of carbonyl (C=O) groups is 1. The molecule has 0 spiro atoms. The first-order valence-electron chi connectivity index (χ1n) is 4.40. The minimum absolute atomic E-state index is 0.0309. The summed E-state index contributed by atoms with van der Waals surface area (Å²) in [7, 11) is 0. The van der Waals surface area contributed by atoms with Gasteiger partial charge in [-0.25, -0.2) is 0 Å². The molecule has 0 fully saturated rings. The van der Waals surface area contributed by atoms with Crippen LogP contribution in [-0.4, -0.2) is 12.5 Å². The monoisotopic (exact) mass is 304 g/mol. The van der Waals surface area contributed by atoms with Crippen LogP contribution < -0.4 is 11.1 Å². The first-order chi connectivity index (χ1) is 6.65. The molecule has 1 atom stereocenters. The van der Waals surface area contributed by atoms with Crippen LogP contribution in [0.4, 0.5) is 5.69 Å². The largest absolute Gasteiger partial charge is 0.330 e. The first-order valence-corrected chi connectivity index (χ1v) is 5.48. The maximum absolute atomic E-state index is 11.5. The van der Waals surface area contributed by atoms with Gasteiger partial charge in [-0.15, -0.1) is 0 Å². The molecule has 0 radical (unpaired) electrons. The van der Waals surface area contributed by atoms with Crippen LogP contribution in [0.3, 0.4) is 0 Å². The van der Waals surface area contributed by atoms with E-state index >= 15 is 0 Å². The number of hydrogen-bond donors (Lipinski definition) is 2. The predicted octanol–water partition coefficient (Wildman–Crippen LogP) is 1.82. The summed E-state index contributed by atoms with van der Waals surface area (Å²) in [6, 6.07) is 7.65. The number of rotatable bonds is 3. The molecule has 4 heteroatoms. The Kier molecular flexibility index (Phi) is 4.34. The lowest BCUT2D eigenvalue weighted by Crippen LogP contribution is -2.26. The zero-order valence-electron chi connectivity index (χ0n) is 7.96. The summed E-state index contributed by atoms with van der Waals surface area (Å²) in [6.45, 7) is 2.18. The first kappa shape index (κ1) is 11.5. The number of anilines is 1. The SMILES string of the molecule is CC(CN)C(=O)Nc1ccccc1I. The van der Waals surface area contributed by atoms with E-state index in [4.69, 9.17) is 5.73 Å². The van der Waals surface area contributed by atoms with Crippen molar-refractivity contribution in [3.63, 3.8) is 0 Å². The number of amides is 1. The Balaban J connectivity index is 2.70. The molecule has 0 bridgehead atoms. The van der Waals surface area contributed by atoms with Gasteiger partial charge in [0.1, 0.15) is 0 Å². The summed E-state index contributed by atoms with van der Waals surface area (Å²) >= 11 is 2.18. The molecule has 1 unspecified atom stereocenters. The zero-order valence-corrected chi connectivity index (χ0v) is 10.1. The van der Waals surface area contributed by atoms with Crippen molar-refractivity contribution in [2.45, 2.75) is 6.92 Å². The quantitative estimate of drug-likeness (QED) is 0.837. The van der Waals surface area contributed by atoms with Gasteiger partial charge < -0.3 is 11.1 Å². The van der Waals surface area contributed by atoms with Gasteiger partial charge in [-0.3, -0.25) is 4.79 Å². The summed E-state index contributed by atoms with van der Waals surface area (Å²) in [5, 5.41) is 2.83. The van der Waals surface area contributed by atoms with Gasteiger partial charge >= 0.3 is 0 Å². The van der Waals surface area contributed by atoms with Crippen molar-refractivity contribution in [2.75, 3.05) is 11.9 Å². The van der Waals surface area contributed by atoms with Crippen LogP contribution in [0.15, 0.2) is 24.3 Å². The van der Waals surface area contributed by atoms with Crippen molar-refractivity contribution in [3.05, 3.63) is 27.8 Å². The normalized spacial score (nSPS) is 12.2. The molecule has 0 aliphatic rings. The number of para-hydroxylation sites is 1. The van der Waals surface area contributed by atoms with Crippen LogP contribution in [0, 0.1) is 9.49 Å². The van der Waals surface area contributed by atoms with Crippen molar-refractivity contribution in [1.82, 2.24) is 0 Å². The smallest absolute Gasteiger partial charge is 0.228 e. The van der Waals surface area contributed by atoms with E-state index in [2.05, 4.69) is 27.9 Å². The van der Waals surface area contributed by atoms with E-state index in [1.807, 2.05) is 31.2 Å². The van der Waals surface area contributed by atoms with Crippen molar-refractivity contribution in [1.29, 1.82) is 0 Å². The molecular weight excluding hydrogens is 291 g/mol. The molecule has 0 saturated carbocycles. The van der Waals surface area contributed by atoms with Crippen molar-refractivity contribution < 1.29 is 4.79 Å². The van der Waals surface area contributed by atoms with E-state index in [0.717, 1.165) is 9.26 Å². The molecule has 0 heterocycles. The Morgan fingerprint density at radius 1 is 1.57 bits per heavy atom. The molecule has 1 amide bonds. The van der Waals surface area contributed by atoms with Gasteiger partial charge in [-0.1, -0.05) is 19.1 Å². The maximum atomic E-state index is 11.5. The minimum Gasteiger partial charge on any atom is -0.330 e. The molecule has 3 nitrogen and oxygen atoms in total. The van der Waals surface area contributed by atoms with Crippen molar-refractivity contribution >= 4 is 34.2 Å². The molecule has 76 valence electrons. The molecule has 1 rings (SSSR count). The van der Waals surface area contributed by atoms with E-state index in [1.165, 1.54) is 0 Å². The third kappa shape index (κ3) is 2.95. The van der Waals surface area contributed by atoms with E-state index in [1.54, 1.807) is 0 Å². The number of nitrogens with two attached hydrogens (primary N) is 1. The summed E-state index contributed by atoms with van der Waals surface area (Å²) in [4.78, 5) is 11.5. The summed E-state index contributed by atoms with van der Waals surface area (Å²) in [5.74, 6) is -0.178. The molecular formula is C10H13IN2O. The van der Waals surface area contributed by atoms with Gasteiger partial charge in [-0.2, -0.15) is 0 Å². The van der Waals surface area contributed by atoms with Crippen LogP contribution in [-0.2, 0) is 4.79 Å². The molecule has 0 aliphatic carbocycles. The highest BCUT2D eigenvalue weighted by molar-refractivity contribution is 14.1. The van der Waals surface area contributed by atoms with E-state index in [-0.39, 0.29) is 11.8 Å². The Morgan fingerprint density at radius 2 is 2.21 bits per heavy atom. The van der Waals surface area contributed by atoms with Gasteiger partial charge in [0.15, 0.2) is 0 Å². The molecule has 14 heavy (non-hydrogen) atoms. The zero-order chi connectivity index (χ0) is 10.6. The maximum Gasteiger partial charge on any atom is 0.228 e. The fourth-order valence-corrected chi connectivity index (χ4v) is 1.45. The number of hydrogen-bond acceptors (Lipinski definition) is 2. The number of benzene rings is 1. The van der Waals surface area contributed by atoms with E-state index in [0.29, 0.717) is 6.54 Å². The highest BCUT2D eigenvalue weighted by Gasteiger charge is 2.11. The number of nitrogens with one attached hydrogen (secondary N) is 1. The van der Waals surface area contributed by atoms with Gasteiger partial charge in [-0.05, 0) is 34.7 Å². The third-order valence-electron chi connectivity index (χ3n) is 1.93. The van der Waals surface area contributed by atoms with Crippen LogP contribution in [0.5, 0.6) is 0 Å². The summed E-state index contributed by atoms with van der Waals surface area (Å²) in [6.07, 6.45) is 0. The highest BCUT2D eigenvalue weighted by Crippen LogP contribution is 2.17. The molecule has 0 aliphatic heterocycles. The van der Waals surface area contributed by atoms with Crippen molar-refractivity contribution in [2.24, 2.45) is 11.7 Å². The number of carbonyl (C=O) groups excluding carboxylic acids is 1. The summed E-state index contributed by atoms with van der Waals surface area (Å²) < 4.78 is 1.03. The molecule has 0 aromatic heterocycles. The average molecular weight is 304 g/mol. The van der Waals surface area contributed by atoms with Crippen LogP contribution >= 0.6 is 22.6 Å². The average Bonchev–Trinajstić information content (AvgIpc) is 2.20. The van der Waals surface area contributed by atoms with Crippen molar-refractivity contribution in [3.8, 4) is 0 Å². The Hall–Kier alpha value is -0.620. The second kappa shape index (κ2) is 5.31. The lowest BCUT2D eigenvalue weighted by molar-refractivity contribution is -0.119. The lowest BCUT2D eigenvalue weighted by Gasteiger charge is -2.10. The van der Waals surface area contributed by atoms with Crippen LogP contribution in [0.1, 0.15) is 6.92 Å². The van der Waals surface area contributed by atoms with E-state index < -0.39 is 0 Å². The second-order valence-electron chi connectivity index (χ2n) is 3.11. The predicted molar refractivity (Wildman–Crippen MR) is 66.0 cm³/mol. The van der Waals surface area contributed by atoms with Crippen LogP contribution in [0.25, 0.3) is 0 Å². The van der Waals surface area contributed by atoms with Gasteiger partial charge in [0.05, 0.1) is 5.69 Å². The molecule has 1 aromatic rings. The second-order valence-corrected chi connectivity index (χ2v) is 4.27. The van der Waals surface area contributed by atoms with E-state index in [9.17, 15) is 4.79 Å². The van der Waals surface area contributed by atoms with Crippen LogP contribution in [0.2, 0.25) is 0 Å². The van der Waals surface area contributed by atoms with Gasteiger partial charge in [0.2, 0.25) is 5.91 Å². The minimum atomic E-state index is -0.147. The Morgan fingerprint density at radius 3 is 2.79 bits per heavy atom. The fraction of sp³-hybridized carbons (Fsp3) is 0.300. The lowest BCUT2D eigenvalue weighted by atomic mass is 10.1. The Labute approximate surface area is 97.2 Å². The van der Waals surface area contributed by atoms with Gasteiger partial charge in [0.25, 0.3) is 0 Å². The standard InChI is InChI=1S/C10H13IN2O/c1-7(6-12)10(14)13-9-5-3-2-4-8(9)11/h2-5,7H,6,12H2,1H3,(H,13,14).